The maximum absolute atomic E-state index is 12.3. The predicted molar refractivity (Wildman–Crippen MR) is 85.0 cm³/mol. The molecule has 0 aliphatic carbocycles. The van der Waals surface area contributed by atoms with Crippen molar-refractivity contribution in [3.63, 3.8) is 0 Å². The summed E-state index contributed by atoms with van der Waals surface area (Å²) in [6, 6.07) is 5.90. The third-order valence-corrected chi connectivity index (χ3v) is 6.52. The Morgan fingerprint density at radius 3 is 2.23 bits per heavy atom. The van der Waals surface area contributed by atoms with Crippen LogP contribution >= 0.6 is 11.6 Å². The van der Waals surface area contributed by atoms with Gasteiger partial charge in [-0.3, -0.25) is 4.79 Å². The number of hydrogen-bond donors (Lipinski definition) is 1. The zero-order chi connectivity index (χ0) is 17.0. The van der Waals surface area contributed by atoms with Gasteiger partial charge in [0.2, 0.25) is 5.91 Å². The smallest absolute Gasteiger partial charge is 0.337 e. The monoisotopic (exact) mass is 347 g/mol. The van der Waals surface area contributed by atoms with Gasteiger partial charge in [0.25, 0.3) is 0 Å². The Labute approximate surface area is 134 Å². The highest BCUT2D eigenvalue weighted by atomic mass is 35.5. The Kier molecular flexibility index (Phi) is 5.96. The molecule has 0 saturated heterocycles. The Morgan fingerprint density at radius 1 is 1.27 bits per heavy atom. The van der Waals surface area contributed by atoms with Crippen molar-refractivity contribution in [1.29, 1.82) is 0 Å². The summed E-state index contributed by atoms with van der Waals surface area (Å²) in [5.74, 6) is -1.76. The van der Waals surface area contributed by atoms with Gasteiger partial charge in [-0.05, 0) is 31.2 Å². The van der Waals surface area contributed by atoms with E-state index < -0.39 is 26.5 Å². The van der Waals surface area contributed by atoms with Gasteiger partial charge in [-0.15, -0.1) is 11.6 Å². The Hall–Kier alpha value is -1.60. The highest BCUT2D eigenvalue weighted by Crippen LogP contribution is 2.23. The molecule has 1 amide bonds. The number of alkyl halides is 1. The first-order chi connectivity index (χ1) is 10.2. The van der Waals surface area contributed by atoms with Crippen LogP contribution in [0.3, 0.4) is 0 Å². The van der Waals surface area contributed by atoms with Crippen molar-refractivity contribution < 1.29 is 22.7 Å². The minimum atomic E-state index is -3.67. The lowest BCUT2D eigenvalue weighted by Gasteiger charge is -2.25. The number of carbonyl (C=O) groups is 2. The molecule has 1 rings (SSSR count). The molecule has 1 aromatic rings. The average Bonchev–Trinajstić information content (AvgIpc) is 2.53. The first-order valence-electron chi connectivity index (χ1n) is 6.50. The van der Waals surface area contributed by atoms with E-state index in [4.69, 9.17) is 11.6 Å². The topological polar surface area (TPSA) is 89.5 Å². The van der Waals surface area contributed by atoms with Crippen molar-refractivity contribution in [2.24, 2.45) is 0 Å². The summed E-state index contributed by atoms with van der Waals surface area (Å²) in [7, 11) is -2.41. The minimum Gasteiger partial charge on any atom is -0.465 e. The van der Waals surface area contributed by atoms with E-state index in [1.54, 1.807) is 0 Å². The fourth-order valence-corrected chi connectivity index (χ4v) is 3.43. The highest BCUT2D eigenvalue weighted by molar-refractivity contribution is 7.93. The summed E-state index contributed by atoms with van der Waals surface area (Å²) in [5.41, 5.74) is 0.682. The van der Waals surface area contributed by atoms with E-state index in [2.05, 4.69) is 10.1 Å². The number of halogens is 1. The molecule has 0 spiro atoms. The number of rotatable bonds is 6. The molecule has 0 unspecified atom stereocenters. The third kappa shape index (κ3) is 3.59. The van der Waals surface area contributed by atoms with Gasteiger partial charge in [-0.1, -0.05) is 6.92 Å². The maximum atomic E-state index is 12.3. The summed E-state index contributed by atoms with van der Waals surface area (Å²) in [5, 5.41) is 2.50. The molecule has 8 heteroatoms. The summed E-state index contributed by atoms with van der Waals surface area (Å²) in [6.45, 7) is 2.75. The lowest BCUT2D eigenvalue weighted by molar-refractivity contribution is -0.117. The second-order valence-corrected chi connectivity index (χ2v) is 7.77. The van der Waals surface area contributed by atoms with Gasteiger partial charge in [0.1, 0.15) is 0 Å². The largest absolute Gasteiger partial charge is 0.465 e. The molecule has 0 radical (unpaired) electrons. The maximum Gasteiger partial charge on any atom is 0.337 e. The fraction of sp³-hybridized carbons (Fsp3) is 0.429. The third-order valence-electron chi connectivity index (χ3n) is 3.37. The zero-order valence-electron chi connectivity index (χ0n) is 12.6. The van der Waals surface area contributed by atoms with E-state index in [1.165, 1.54) is 45.2 Å². The lowest BCUT2D eigenvalue weighted by atomic mass is 10.1. The van der Waals surface area contributed by atoms with E-state index in [0.717, 1.165) is 0 Å². The molecule has 0 aliphatic heterocycles. The molecule has 122 valence electrons. The number of sulfone groups is 1. The second-order valence-electron chi connectivity index (χ2n) is 4.79. The Bertz CT molecular complexity index is 656. The number of methoxy groups -OCH3 is 1. The number of hydrogen-bond acceptors (Lipinski definition) is 5. The van der Waals surface area contributed by atoms with E-state index >= 15 is 0 Å². The molecule has 0 aromatic heterocycles. The first kappa shape index (κ1) is 18.4. The summed E-state index contributed by atoms with van der Waals surface area (Å²) < 4.78 is 27.0. The van der Waals surface area contributed by atoms with Crippen molar-refractivity contribution in [2.75, 3.05) is 24.1 Å². The quantitative estimate of drug-likeness (QED) is 0.626. The summed E-state index contributed by atoms with van der Waals surface area (Å²) in [6.07, 6.45) is 0. The van der Waals surface area contributed by atoms with Crippen LogP contribution in [0, 0.1) is 0 Å². The molecular formula is C14H18ClNO5S. The predicted octanol–water partition coefficient (Wildman–Crippen LogP) is 1.84. The number of nitrogens with one attached hydrogen (secondary N) is 1. The molecule has 0 saturated carbocycles. The fourth-order valence-electron chi connectivity index (χ4n) is 1.67. The van der Waals surface area contributed by atoms with Crippen molar-refractivity contribution >= 4 is 39.0 Å². The first-order valence-corrected chi connectivity index (χ1v) is 8.68. The number of amides is 1. The van der Waals surface area contributed by atoms with Crippen molar-refractivity contribution in [2.45, 2.75) is 18.6 Å². The number of anilines is 1. The van der Waals surface area contributed by atoms with Crippen molar-refractivity contribution in [3.8, 4) is 0 Å². The van der Waals surface area contributed by atoms with Crippen LogP contribution in [0.4, 0.5) is 5.69 Å². The summed E-state index contributed by atoms with van der Waals surface area (Å²) >= 11 is 5.72. The molecule has 0 fully saturated rings. The molecule has 22 heavy (non-hydrogen) atoms. The molecule has 0 bridgehead atoms. The van der Waals surface area contributed by atoms with Crippen LogP contribution in [0.1, 0.15) is 24.2 Å². The standard InChI is InChI=1S/C14H18ClNO5S/c1-4-22(19,20)14(2,9-15)13(18)16-11-7-5-10(6-8-11)12(17)21-3/h5-8H,4,9H2,1-3H3,(H,16,18)/t14-/m0/s1. The van der Waals surface area contributed by atoms with Crippen LogP contribution in [-0.2, 0) is 19.4 Å². The second kappa shape index (κ2) is 7.11. The van der Waals surface area contributed by atoms with Gasteiger partial charge in [-0.2, -0.15) is 0 Å². The van der Waals surface area contributed by atoms with E-state index in [0.29, 0.717) is 11.3 Å². The summed E-state index contributed by atoms with van der Waals surface area (Å²) in [4.78, 5) is 23.6. The van der Waals surface area contributed by atoms with Gasteiger partial charge >= 0.3 is 5.97 Å². The van der Waals surface area contributed by atoms with E-state index in [1.807, 2.05) is 0 Å². The molecule has 1 aromatic carbocycles. The molecule has 0 aliphatic rings. The van der Waals surface area contributed by atoms with Gasteiger partial charge in [0.15, 0.2) is 14.6 Å². The molecule has 0 heterocycles. The number of ether oxygens (including phenoxy) is 1. The van der Waals surface area contributed by atoms with Crippen LogP contribution in [-0.4, -0.2) is 43.8 Å². The number of benzene rings is 1. The van der Waals surface area contributed by atoms with Gasteiger partial charge in [0.05, 0.1) is 18.6 Å². The zero-order valence-corrected chi connectivity index (χ0v) is 14.1. The Morgan fingerprint density at radius 2 is 1.82 bits per heavy atom. The van der Waals surface area contributed by atoms with E-state index in [-0.39, 0.29) is 11.6 Å². The van der Waals surface area contributed by atoms with Crippen LogP contribution in [0.25, 0.3) is 0 Å². The Balaban J connectivity index is 2.99. The van der Waals surface area contributed by atoms with Crippen LogP contribution in [0.15, 0.2) is 24.3 Å². The molecular weight excluding hydrogens is 330 g/mol. The van der Waals surface area contributed by atoms with Gasteiger partial charge in [0, 0.05) is 11.4 Å². The van der Waals surface area contributed by atoms with Crippen molar-refractivity contribution in [3.05, 3.63) is 29.8 Å². The van der Waals surface area contributed by atoms with Crippen LogP contribution < -0.4 is 5.32 Å². The van der Waals surface area contributed by atoms with Crippen molar-refractivity contribution in [1.82, 2.24) is 0 Å². The number of esters is 1. The van der Waals surface area contributed by atoms with Crippen LogP contribution in [0.5, 0.6) is 0 Å². The average molecular weight is 348 g/mol. The molecule has 1 N–H and O–H groups in total. The van der Waals surface area contributed by atoms with Gasteiger partial charge < -0.3 is 10.1 Å². The lowest BCUT2D eigenvalue weighted by Crippen LogP contribution is -2.49. The number of carbonyl (C=O) groups excluding carboxylic acids is 2. The van der Waals surface area contributed by atoms with Crippen LogP contribution in [0.2, 0.25) is 0 Å². The van der Waals surface area contributed by atoms with E-state index in [9.17, 15) is 18.0 Å². The molecule has 6 nitrogen and oxygen atoms in total. The normalized spacial score (nSPS) is 14.0. The minimum absolute atomic E-state index is 0.190. The highest BCUT2D eigenvalue weighted by Gasteiger charge is 2.44. The molecule has 1 atom stereocenters. The van der Waals surface area contributed by atoms with Gasteiger partial charge in [-0.25, -0.2) is 13.2 Å². The SMILES string of the molecule is CCS(=O)(=O)[C@@](C)(CCl)C(=O)Nc1ccc(C(=O)OC)cc1.